The molecule has 1 N–H and O–H groups in total. The average Bonchev–Trinajstić information content (AvgIpc) is 2.63. The Kier molecular flexibility index (Phi) is 3.12. The predicted molar refractivity (Wildman–Crippen MR) is 77.4 cm³/mol. The van der Waals surface area contributed by atoms with E-state index in [1.54, 1.807) is 0 Å². The fraction of sp³-hybridized carbons (Fsp3) is 0.941. The molecule has 20 heavy (non-hydrogen) atoms. The van der Waals surface area contributed by atoms with Gasteiger partial charge in [0.1, 0.15) is 5.78 Å². The summed E-state index contributed by atoms with van der Waals surface area (Å²) in [4.78, 5) is 12.3. The highest BCUT2D eigenvalue weighted by Crippen LogP contribution is 2.61. The third-order valence-electron chi connectivity index (χ3n) is 6.73. The number of fused-ring (bicyclic) bond motifs is 3. The SMILES string of the molecule is CC1(C)O[C@H]2CC[C@]3(C)C(=O)CCC3[C@]2(C)CC[C@@H]1O. The molecule has 3 aliphatic rings. The fourth-order valence-electron chi connectivity index (χ4n) is 5.20. The molecule has 1 unspecified atom stereocenters. The van der Waals surface area contributed by atoms with Crippen LogP contribution in [0.1, 0.15) is 66.2 Å². The minimum atomic E-state index is -0.473. The lowest BCUT2D eigenvalue weighted by atomic mass is 9.54. The van der Waals surface area contributed by atoms with Crippen molar-refractivity contribution >= 4 is 5.78 Å². The van der Waals surface area contributed by atoms with Crippen molar-refractivity contribution < 1.29 is 14.6 Å². The molecule has 0 radical (unpaired) electrons. The molecule has 3 heteroatoms. The summed E-state index contributed by atoms with van der Waals surface area (Å²) in [5.41, 5.74) is -0.583. The third-order valence-corrected chi connectivity index (χ3v) is 6.73. The first-order valence-electron chi connectivity index (χ1n) is 8.09. The van der Waals surface area contributed by atoms with Gasteiger partial charge in [-0.05, 0) is 57.3 Å². The zero-order chi connectivity index (χ0) is 14.8. The molecule has 114 valence electrons. The van der Waals surface area contributed by atoms with E-state index < -0.39 is 11.7 Å². The van der Waals surface area contributed by atoms with Crippen LogP contribution in [0.15, 0.2) is 0 Å². The second-order valence-corrected chi connectivity index (χ2v) is 8.24. The Hall–Kier alpha value is -0.410. The molecule has 0 aromatic heterocycles. The number of ketones is 1. The number of rotatable bonds is 0. The molecule has 0 amide bonds. The van der Waals surface area contributed by atoms with E-state index in [4.69, 9.17) is 4.74 Å². The van der Waals surface area contributed by atoms with Crippen LogP contribution < -0.4 is 0 Å². The lowest BCUT2D eigenvalue weighted by Crippen LogP contribution is -2.52. The summed E-state index contributed by atoms with van der Waals surface area (Å²) in [6.45, 7) is 8.46. The monoisotopic (exact) mass is 280 g/mol. The zero-order valence-electron chi connectivity index (χ0n) is 13.2. The van der Waals surface area contributed by atoms with Gasteiger partial charge in [0, 0.05) is 11.8 Å². The number of hydrogen-bond donors (Lipinski definition) is 1. The largest absolute Gasteiger partial charge is 0.390 e. The minimum absolute atomic E-state index is 0.0356. The van der Waals surface area contributed by atoms with Crippen LogP contribution in [0, 0.1) is 16.7 Å². The number of carbonyl (C=O) groups is 1. The molecule has 0 aromatic rings. The molecule has 2 saturated carbocycles. The van der Waals surface area contributed by atoms with Gasteiger partial charge in [0.2, 0.25) is 0 Å². The van der Waals surface area contributed by atoms with Gasteiger partial charge in [0.15, 0.2) is 0 Å². The molecular formula is C17H28O3. The van der Waals surface area contributed by atoms with Crippen LogP contribution >= 0.6 is 0 Å². The predicted octanol–water partition coefficient (Wildman–Crippen LogP) is 3.09. The van der Waals surface area contributed by atoms with E-state index in [0.717, 1.165) is 38.5 Å². The van der Waals surface area contributed by atoms with Gasteiger partial charge in [0.05, 0.1) is 17.8 Å². The van der Waals surface area contributed by atoms with E-state index in [-0.39, 0.29) is 16.9 Å². The van der Waals surface area contributed by atoms with Crippen LogP contribution in [0.25, 0.3) is 0 Å². The second-order valence-electron chi connectivity index (χ2n) is 8.24. The van der Waals surface area contributed by atoms with Crippen molar-refractivity contribution in [2.75, 3.05) is 0 Å². The first kappa shape index (κ1) is 14.5. The molecule has 2 aliphatic carbocycles. The van der Waals surface area contributed by atoms with Gasteiger partial charge in [0.25, 0.3) is 0 Å². The summed E-state index contributed by atoms with van der Waals surface area (Å²) < 4.78 is 6.35. The molecule has 3 nitrogen and oxygen atoms in total. The topological polar surface area (TPSA) is 46.5 Å². The molecule has 1 saturated heterocycles. The molecule has 0 bridgehead atoms. The normalized spacial score (nSPS) is 51.2. The van der Waals surface area contributed by atoms with Crippen LogP contribution in [0.3, 0.4) is 0 Å². The summed E-state index contributed by atoms with van der Waals surface area (Å²) in [6, 6.07) is 0. The van der Waals surface area contributed by atoms with Gasteiger partial charge in [-0.25, -0.2) is 0 Å². The fourth-order valence-corrected chi connectivity index (χ4v) is 5.20. The lowest BCUT2D eigenvalue weighted by Gasteiger charge is -2.52. The van der Waals surface area contributed by atoms with Crippen molar-refractivity contribution in [3.05, 3.63) is 0 Å². The molecular weight excluding hydrogens is 252 g/mol. The molecule has 3 rings (SSSR count). The number of Topliss-reactive ketones (excluding diaryl/α,β-unsaturated/α-hetero) is 1. The van der Waals surface area contributed by atoms with Crippen molar-refractivity contribution in [1.82, 2.24) is 0 Å². The summed E-state index contributed by atoms with van der Waals surface area (Å²) in [5.74, 6) is 0.869. The van der Waals surface area contributed by atoms with E-state index >= 15 is 0 Å². The first-order chi connectivity index (χ1) is 9.20. The van der Waals surface area contributed by atoms with Gasteiger partial charge in [-0.2, -0.15) is 0 Å². The number of hydrogen-bond acceptors (Lipinski definition) is 3. The van der Waals surface area contributed by atoms with Crippen LogP contribution in [0.5, 0.6) is 0 Å². The molecule has 0 spiro atoms. The number of aliphatic hydroxyl groups excluding tert-OH is 1. The maximum atomic E-state index is 12.3. The van der Waals surface area contributed by atoms with Gasteiger partial charge in [-0.1, -0.05) is 13.8 Å². The number of aliphatic hydroxyl groups is 1. The Morgan fingerprint density at radius 3 is 2.50 bits per heavy atom. The highest BCUT2D eigenvalue weighted by molar-refractivity contribution is 5.87. The lowest BCUT2D eigenvalue weighted by molar-refractivity contribution is -0.184. The molecule has 0 aromatic carbocycles. The van der Waals surface area contributed by atoms with Crippen molar-refractivity contribution in [3.8, 4) is 0 Å². The van der Waals surface area contributed by atoms with Crippen molar-refractivity contribution in [3.63, 3.8) is 0 Å². The van der Waals surface area contributed by atoms with Gasteiger partial charge in [-0.15, -0.1) is 0 Å². The minimum Gasteiger partial charge on any atom is -0.390 e. The highest BCUT2D eigenvalue weighted by Gasteiger charge is 2.61. The van der Waals surface area contributed by atoms with E-state index in [9.17, 15) is 9.90 Å². The molecule has 3 fully saturated rings. The van der Waals surface area contributed by atoms with Crippen molar-refractivity contribution in [2.24, 2.45) is 16.7 Å². The van der Waals surface area contributed by atoms with Crippen LogP contribution in [0.4, 0.5) is 0 Å². The average molecular weight is 280 g/mol. The molecule has 1 heterocycles. The molecule has 5 atom stereocenters. The Labute approximate surface area is 122 Å². The van der Waals surface area contributed by atoms with E-state index in [0.29, 0.717) is 11.7 Å². The number of ether oxygens (including phenoxy) is 1. The summed E-state index contributed by atoms with van der Waals surface area (Å²) in [6.07, 6.45) is 5.15. The summed E-state index contributed by atoms with van der Waals surface area (Å²) >= 11 is 0. The van der Waals surface area contributed by atoms with E-state index in [1.807, 2.05) is 13.8 Å². The van der Waals surface area contributed by atoms with Crippen molar-refractivity contribution in [2.45, 2.75) is 84.0 Å². The van der Waals surface area contributed by atoms with Crippen molar-refractivity contribution in [1.29, 1.82) is 0 Å². The first-order valence-corrected chi connectivity index (χ1v) is 8.09. The quantitative estimate of drug-likeness (QED) is 0.741. The maximum Gasteiger partial charge on any atom is 0.139 e. The smallest absolute Gasteiger partial charge is 0.139 e. The number of carbonyl (C=O) groups excluding carboxylic acids is 1. The highest BCUT2D eigenvalue weighted by atomic mass is 16.5. The van der Waals surface area contributed by atoms with Gasteiger partial charge in [-0.3, -0.25) is 4.79 Å². The van der Waals surface area contributed by atoms with Crippen LogP contribution in [-0.2, 0) is 9.53 Å². The standard InChI is InChI=1S/C17H28O3/c1-15(2)12(18)7-9-17(4)11-5-6-13(19)16(11,3)10-8-14(17)20-15/h11-12,14,18H,5-10H2,1-4H3/t11?,12-,14-,16-,17-/m0/s1. The summed E-state index contributed by atoms with van der Waals surface area (Å²) in [7, 11) is 0. The Bertz CT molecular complexity index is 430. The Balaban J connectivity index is 1.96. The van der Waals surface area contributed by atoms with Gasteiger partial charge < -0.3 is 9.84 Å². The molecule has 1 aliphatic heterocycles. The third kappa shape index (κ3) is 1.82. The zero-order valence-corrected chi connectivity index (χ0v) is 13.2. The van der Waals surface area contributed by atoms with Crippen LogP contribution in [-0.4, -0.2) is 28.7 Å². The summed E-state index contributed by atoms with van der Waals surface area (Å²) in [5, 5.41) is 10.3. The van der Waals surface area contributed by atoms with E-state index in [1.165, 1.54) is 0 Å². The van der Waals surface area contributed by atoms with Crippen LogP contribution in [0.2, 0.25) is 0 Å². The van der Waals surface area contributed by atoms with E-state index in [2.05, 4.69) is 13.8 Å². The Morgan fingerprint density at radius 2 is 1.80 bits per heavy atom. The second kappa shape index (κ2) is 4.30. The maximum absolute atomic E-state index is 12.3. The van der Waals surface area contributed by atoms with Gasteiger partial charge >= 0.3 is 0 Å². The Morgan fingerprint density at radius 1 is 1.10 bits per heavy atom.